The van der Waals surface area contributed by atoms with Gasteiger partial charge < -0.3 is 5.32 Å². The number of nitrogens with one attached hydrogen (secondary N) is 1. The molecule has 0 amide bonds. The summed E-state index contributed by atoms with van der Waals surface area (Å²) in [7, 11) is 0. The van der Waals surface area contributed by atoms with Crippen molar-refractivity contribution < 1.29 is 9.59 Å². The first kappa shape index (κ1) is 12.6. The topological polar surface area (TPSA) is 46.2 Å². The highest BCUT2D eigenvalue weighted by Gasteiger charge is 2.16. The highest BCUT2D eigenvalue weighted by molar-refractivity contribution is 5.94. The lowest BCUT2D eigenvalue weighted by molar-refractivity contribution is -0.115. The van der Waals surface area contributed by atoms with Gasteiger partial charge in [0.25, 0.3) is 0 Å². The summed E-state index contributed by atoms with van der Waals surface area (Å²) in [6.45, 7) is 3.62. The fourth-order valence-electron chi connectivity index (χ4n) is 2.16. The fourth-order valence-corrected chi connectivity index (χ4v) is 2.16. The summed E-state index contributed by atoms with van der Waals surface area (Å²) in [4.78, 5) is 22.6. The second kappa shape index (κ2) is 5.17. The van der Waals surface area contributed by atoms with Crippen LogP contribution in [0.1, 0.15) is 37.0 Å². The van der Waals surface area contributed by atoms with Crippen molar-refractivity contribution in [2.75, 3.05) is 5.32 Å². The van der Waals surface area contributed by atoms with Gasteiger partial charge in [0.05, 0.1) is 0 Å². The Hall–Kier alpha value is -1.90. The molecule has 0 saturated heterocycles. The van der Waals surface area contributed by atoms with Crippen LogP contribution in [-0.2, 0) is 4.79 Å². The highest BCUT2D eigenvalue weighted by Crippen LogP contribution is 2.23. The number of benzene rings is 1. The summed E-state index contributed by atoms with van der Waals surface area (Å²) < 4.78 is 0. The van der Waals surface area contributed by atoms with Crippen LogP contribution in [0.5, 0.6) is 0 Å². The zero-order chi connectivity index (χ0) is 13.1. The first-order valence-electron chi connectivity index (χ1n) is 6.16. The summed E-state index contributed by atoms with van der Waals surface area (Å²) in [6.07, 6.45) is 3.20. The third-order valence-electron chi connectivity index (χ3n) is 3.05. The molecule has 1 aliphatic rings. The van der Waals surface area contributed by atoms with Gasteiger partial charge in [0, 0.05) is 29.4 Å². The van der Waals surface area contributed by atoms with E-state index in [4.69, 9.17) is 0 Å². The molecule has 0 aliphatic heterocycles. The van der Waals surface area contributed by atoms with Gasteiger partial charge in [-0.1, -0.05) is 6.92 Å². The van der Waals surface area contributed by atoms with Crippen LogP contribution in [0.3, 0.4) is 0 Å². The Morgan fingerprint density at radius 1 is 1.22 bits per heavy atom. The van der Waals surface area contributed by atoms with Crippen molar-refractivity contribution in [3.63, 3.8) is 0 Å². The molecular formula is C15H17NO2. The summed E-state index contributed by atoms with van der Waals surface area (Å²) in [6, 6.07) is 7.31. The maximum absolute atomic E-state index is 11.5. The lowest BCUT2D eigenvalue weighted by Crippen LogP contribution is -2.15. The highest BCUT2D eigenvalue weighted by atomic mass is 16.1. The van der Waals surface area contributed by atoms with Gasteiger partial charge in [0.15, 0.2) is 11.6 Å². The van der Waals surface area contributed by atoms with E-state index in [1.807, 2.05) is 12.1 Å². The SMILES string of the molecule is CC(=O)c1ccc(NC2=CC(=O)C[C@H](C)C2)cc1. The molecule has 3 heteroatoms. The molecule has 0 heterocycles. The zero-order valence-corrected chi connectivity index (χ0v) is 10.7. The van der Waals surface area contributed by atoms with E-state index in [1.165, 1.54) is 0 Å². The second-order valence-corrected chi connectivity index (χ2v) is 4.91. The minimum atomic E-state index is 0.0576. The number of rotatable bonds is 3. The number of allylic oxidation sites excluding steroid dienone is 2. The van der Waals surface area contributed by atoms with Crippen LogP contribution >= 0.6 is 0 Å². The number of Topliss-reactive ketones (excluding diaryl/α,β-unsaturated/α-hetero) is 1. The third kappa shape index (κ3) is 3.06. The Morgan fingerprint density at radius 2 is 1.89 bits per heavy atom. The monoisotopic (exact) mass is 243 g/mol. The lowest BCUT2D eigenvalue weighted by atomic mass is 9.93. The molecule has 0 spiro atoms. The van der Waals surface area contributed by atoms with E-state index in [0.717, 1.165) is 17.8 Å². The van der Waals surface area contributed by atoms with Crippen molar-refractivity contribution in [1.29, 1.82) is 0 Å². The molecule has 1 aliphatic carbocycles. The Balaban J connectivity index is 2.10. The average Bonchev–Trinajstić information content (AvgIpc) is 2.28. The van der Waals surface area contributed by atoms with Crippen molar-refractivity contribution in [3.05, 3.63) is 41.6 Å². The van der Waals surface area contributed by atoms with E-state index < -0.39 is 0 Å². The molecule has 94 valence electrons. The van der Waals surface area contributed by atoms with Gasteiger partial charge in [-0.05, 0) is 43.5 Å². The first-order valence-corrected chi connectivity index (χ1v) is 6.16. The van der Waals surface area contributed by atoms with Crippen LogP contribution in [0, 0.1) is 5.92 Å². The van der Waals surface area contributed by atoms with Gasteiger partial charge in [-0.15, -0.1) is 0 Å². The Bertz CT molecular complexity index is 500. The fraction of sp³-hybridized carbons (Fsp3) is 0.333. The van der Waals surface area contributed by atoms with E-state index in [2.05, 4.69) is 12.2 Å². The molecule has 0 saturated carbocycles. The predicted octanol–water partition coefficient (Wildman–Crippen LogP) is 3.18. The lowest BCUT2D eigenvalue weighted by Gasteiger charge is -2.19. The summed E-state index contributed by atoms with van der Waals surface area (Å²) in [5.41, 5.74) is 2.56. The molecule has 1 aromatic rings. The number of hydrogen-bond donors (Lipinski definition) is 1. The Kier molecular flexibility index (Phi) is 3.60. The van der Waals surface area contributed by atoms with E-state index in [1.54, 1.807) is 25.1 Å². The number of carbonyl (C=O) groups is 2. The van der Waals surface area contributed by atoms with Crippen LogP contribution in [0.4, 0.5) is 5.69 Å². The standard InChI is InChI=1S/C15H17NO2/c1-10-7-14(9-15(18)8-10)16-13-5-3-12(4-6-13)11(2)17/h3-6,9-10,16H,7-8H2,1-2H3/t10-/m1/s1. The molecule has 3 nitrogen and oxygen atoms in total. The van der Waals surface area contributed by atoms with Crippen molar-refractivity contribution >= 4 is 17.3 Å². The number of anilines is 1. The van der Waals surface area contributed by atoms with Crippen molar-refractivity contribution in [3.8, 4) is 0 Å². The van der Waals surface area contributed by atoms with Gasteiger partial charge in [-0.25, -0.2) is 0 Å². The van der Waals surface area contributed by atoms with Crippen LogP contribution in [0.2, 0.25) is 0 Å². The largest absolute Gasteiger partial charge is 0.359 e. The van der Waals surface area contributed by atoms with Crippen LogP contribution in [0.15, 0.2) is 36.0 Å². The van der Waals surface area contributed by atoms with Crippen LogP contribution < -0.4 is 5.32 Å². The molecule has 0 unspecified atom stereocenters. The molecule has 18 heavy (non-hydrogen) atoms. The molecule has 1 atom stereocenters. The first-order chi connectivity index (χ1) is 8.54. The molecule has 0 fully saturated rings. The molecule has 0 bridgehead atoms. The summed E-state index contributed by atoms with van der Waals surface area (Å²) in [5, 5.41) is 3.24. The van der Waals surface area contributed by atoms with Crippen LogP contribution in [-0.4, -0.2) is 11.6 Å². The van der Waals surface area contributed by atoms with Crippen molar-refractivity contribution in [2.24, 2.45) is 5.92 Å². The third-order valence-corrected chi connectivity index (χ3v) is 3.05. The van der Waals surface area contributed by atoms with Gasteiger partial charge in [0.1, 0.15) is 0 Å². The molecule has 1 aromatic carbocycles. The summed E-state index contributed by atoms with van der Waals surface area (Å²) in [5.74, 6) is 0.625. The van der Waals surface area contributed by atoms with Gasteiger partial charge in [0.2, 0.25) is 0 Å². The van der Waals surface area contributed by atoms with Gasteiger partial charge in [-0.2, -0.15) is 0 Å². The molecule has 1 N–H and O–H groups in total. The average molecular weight is 243 g/mol. The number of carbonyl (C=O) groups excluding carboxylic acids is 2. The Labute approximate surface area is 107 Å². The minimum absolute atomic E-state index is 0.0576. The van der Waals surface area contributed by atoms with E-state index in [0.29, 0.717) is 17.9 Å². The van der Waals surface area contributed by atoms with Crippen molar-refractivity contribution in [1.82, 2.24) is 0 Å². The van der Waals surface area contributed by atoms with E-state index >= 15 is 0 Å². The number of ketones is 2. The smallest absolute Gasteiger partial charge is 0.159 e. The zero-order valence-electron chi connectivity index (χ0n) is 10.7. The Morgan fingerprint density at radius 3 is 2.44 bits per heavy atom. The quantitative estimate of drug-likeness (QED) is 0.829. The van der Waals surface area contributed by atoms with Crippen LogP contribution in [0.25, 0.3) is 0 Å². The second-order valence-electron chi connectivity index (χ2n) is 4.91. The van der Waals surface area contributed by atoms with Gasteiger partial charge in [-0.3, -0.25) is 9.59 Å². The minimum Gasteiger partial charge on any atom is -0.359 e. The molecule has 2 rings (SSSR count). The molecular weight excluding hydrogens is 226 g/mol. The summed E-state index contributed by atoms with van der Waals surface area (Å²) >= 11 is 0. The molecule has 0 aromatic heterocycles. The predicted molar refractivity (Wildman–Crippen MR) is 71.6 cm³/mol. The maximum atomic E-state index is 11.5. The maximum Gasteiger partial charge on any atom is 0.159 e. The van der Waals surface area contributed by atoms with E-state index in [9.17, 15) is 9.59 Å². The van der Waals surface area contributed by atoms with E-state index in [-0.39, 0.29) is 11.6 Å². The normalized spacial score (nSPS) is 19.3. The van der Waals surface area contributed by atoms with Gasteiger partial charge >= 0.3 is 0 Å². The molecule has 0 radical (unpaired) electrons. The number of hydrogen-bond acceptors (Lipinski definition) is 3. The van der Waals surface area contributed by atoms with Crippen molar-refractivity contribution in [2.45, 2.75) is 26.7 Å².